The highest BCUT2D eigenvalue weighted by Crippen LogP contribution is 2.35. The lowest BCUT2D eigenvalue weighted by Crippen LogP contribution is -2.58. The van der Waals surface area contributed by atoms with Crippen molar-refractivity contribution in [1.29, 1.82) is 10.5 Å². The van der Waals surface area contributed by atoms with Crippen LogP contribution in [0.5, 0.6) is 0 Å². The largest absolute Gasteiger partial charge is 0.480 e. The topological polar surface area (TPSA) is 126 Å². The molecule has 0 bridgehead atoms. The molecule has 1 N–H and O–H groups in total. The SMILES string of the molecule is Cn1c(=O)c(C#N)c(N2CCN(C(c3ccc(F)cc3)c3ccc(F)cc3)CC2C(=O)O)c2nc(C#N)ccc21. The van der Waals surface area contributed by atoms with E-state index in [1.165, 1.54) is 52.9 Å². The Balaban J connectivity index is 1.63. The number of hydrogen-bond donors (Lipinski definition) is 1. The van der Waals surface area contributed by atoms with Crippen molar-refractivity contribution < 1.29 is 18.7 Å². The minimum absolute atomic E-state index is 0.0474. The fraction of sp³-hybridized carbons (Fsp3) is 0.207. The van der Waals surface area contributed by atoms with Crippen LogP contribution in [-0.4, -0.2) is 51.2 Å². The smallest absolute Gasteiger partial charge is 0.327 e. The molecule has 5 rings (SSSR count). The van der Waals surface area contributed by atoms with E-state index < -0.39 is 35.2 Å². The number of aliphatic carboxylic acids is 1. The summed E-state index contributed by atoms with van der Waals surface area (Å²) in [5.41, 5.74) is 1.11. The Labute approximate surface area is 227 Å². The second kappa shape index (κ2) is 10.6. The van der Waals surface area contributed by atoms with Gasteiger partial charge >= 0.3 is 5.97 Å². The van der Waals surface area contributed by atoms with Crippen molar-refractivity contribution in [1.82, 2.24) is 14.5 Å². The molecular formula is C29H22F2N6O3. The average Bonchev–Trinajstić information content (AvgIpc) is 2.96. The molecule has 9 nitrogen and oxygen atoms in total. The van der Waals surface area contributed by atoms with Gasteiger partial charge in [0.05, 0.1) is 17.2 Å². The number of aryl methyl sites for hydroxylation is 1. The molecule has 1 aliphatic rings. The van der Waals surface area contributed by atoms with E-state index in [1.54, 1.807) is 24.3 Å². The third-order valence-electron chi connectivity index (χ3n) is 7.16. The summed E-state index contributed by atoms with van der Waals surface area (Å²) in [5.74, 6) is -2.06. The standard InChI is InChI=1S/C29H22F2N6O3/c1-35-23-11-10-21(14-32)34-25(23)27(22(15-33)28(35)38)37-13-12-36(16-24(37)29(39)40)26(17-2-6-19(30)7-3-17)18-4-8-20(31)9-5-18/h2-11,24,26H,12-13,16H2,1H3,(H,39,40). The maximum absolute atomic E-state index is 13.7. The number of halogens is 2. The predicted octanol–water partition coefficient (Wildman–Crippen LogP) is 3.32. The van der Waals surface area contributed by atoms with Gasteiger partial charge < -0.3 is 14.6 Å². The van der Waals surface area contributed by atoms with Crippen molar-refractivity contribution >= 4 is 22.7 Å². The number of carbonyl (C=O) groups is 1. The van der Waals surface area contributed by atoms with Crippen LogP contribution in [0.4, 0.5) is 14.5 Å². The van der Waals surface area contributed by atoms with Crippen LogP contribution in [0.2, 0.25) is 0 Å². The van der Waals surface area contributed by atoms with E-state index in [4.69, 9.17) is 0 Å². The summed E-state index contributed by atoms with van der Waals surface area (Å²) >= 11 is 0. The first-order chi connectivity index (χ1) is 19.2. The van der Waals surface area contributed by atoms with Gasteiger partial charge in [-0.1, -0.05) is 24.3 Å². The van der Waals surface area contributed by atoms with Crippen LogP contribution in [0.25, 0.3) is 11.0 Å². The lowest BCUT2D eigenvalue weighted by molar-refractivity contribution is -0.139. The maximum Gasteiger partial charge on any atom is 0.327 e. The number of benzene rings is 2. The molecule has 200 valence electrons. The van der Waals surface area contributed by atoms with Crippen molar-refractivity contribution in [2.24, 2.45) is 7.05 Å². The second-order valence-electron chi connectivity index (χ2n) is 9.42. The molecule has 4 aromatic rings. The average molecular weight is 541 g/mol. The normalized spacial score (nSPS) is 15.7. The molecule has 2 aromatic carbocycles. The van der Waals surface area contributed by atoms with Crippen molar-refractivity contribution in [2.45, 2.75) is 12.1 Å². The third-order valence-corrected chi connectivity index (χ3v) is 7.16. The number of carboxylic acid groups (broad SMARTS) is 1. The molecular weight excluding hydrogens is 518 g/mol. The zero-order valence-electron chi connectivity index (χ0n) is 21.3. The van der Waals surface area contributed by atoms with Gasteiger partial charge in [0.2, 0.25) is 0 Å². The molecule has 0 radical (unpaired) electrons. The fourth-order valence-corrected chi connectivity index (χ4v) is 5.26. The van der Waals surface area contributed by atoms with E-state index in [1.807, 2.05) is 17.0 Å². The van der Waals surface area contributed by atoms with Gasteiger partial charge in [0.15, 0.2) is 0 Å². The van der Waals surface area contributed by atoms with Gasteiger partial charge in [-0.25, -0.2) is 18.6 Å². The fourth-order valence-electron chi connectivity index (χ4n) is 5.26. The quantitative estimate of drug-likeness (QED) is 0.409. The van der Waals surface area contributed by atoms with E-state index >= 15 is 0 Å². The highest BCUT2D eigenvalue weighted by atomic mass is 19.1. The Kier molecular flexibility index (Phi) is 6.99. The second-order valence-corrected chi connectivity index (χ2v) is 9.42. The van der Waals surface area contributed by atoms with Crippen molar-refractivity contribution in [3.05, 3.63) is 105 Å². The molecule has 1 unspecified atom stereocenters. The predicted molar refractivity (Wildman–Crippen MR) is 141 cm³/mol. The van der Waals surface area contributed by atoms with Crippen LogP contribution in [-0.2, 0) is 11.8 Å². The van der Waals surface area contributed by atoms with Crippen molar-refractivity contribution in [3.8, 4) is 12.1 Å². The highest BCUT2D eigenvalue weighted by molar-refractivity contribution is 5.94. The first-order valence-electron chi connectivity index (χ1n) is 12.3. The molecule has 40 heavy (non-hydrogen) atoms. The Morgan fingerprint density at radius 1 is 0.975 bits per heavy atom. The zero-order chi connectivity index (χ0) is 28.6. The number of nitriles is 2. The molecule has 0 spiro atoms. The Bertz CT molecular complexity index is 1710. The number of aromatic nitrogens is 2. The number of carboxylic acids is 1. The number of hydrogen-bond acceptors (Lipinski definition) is 7. The van der Waals surface area contributed by atoms with Crippen LogP contribution in [0.1, 0.15) is 28.4 Å². The lowest BCUT2D eigenvalue weighted by atomic mass is 9.95. The maximum atomic E-state index is 13.7. The molecule has 1 fully saturated rings. The van der Waals surface area contributed by atoms with Gasteiger partial charge in [-0.15, -0.1) is 0 Å². The molecule has 1 atom stereocenters. The van der Waals surface area contributed by atoms with E-state index in [2.05, 4.69) is 4.98 Å². The van der Waals surface area contributed by atoms with E-state index in [-0.39, 0.29) is 42.1 Å². The van der Waals surface area contributed by atoms with Crippen LogP contribution >= 0.6 is 0 Å². The van der Waals surface area contributed by atoms with E-state index in [0.29, 0.717) is 16.6 Å². The van der Waals surface area contributed by atoms with Crippen LogP contribution in [0.15, 0.2) is 65.5 Å². The monoisotopic (exact) mass is 540 g/mol. The van der Waals surface area contributed by atoms with Gasteiger partial charge in [-0.2, -0.15) is 10.5 Å². The molecule has 0 amide bonds. The van der Waals surface area contributed by atoms with Gasteiger partial charge in [0.1, 0.15) is 46.6 Å². The zero-order valence-corrected chi connectivity index (χ0v) is 21.3. The molecule has 1 saturated heterocycles. The minimum atomic E-state index is -1.22. The first-order valence-corrected chi connectivity index (χ1v) is 12.3. The van der Waals surface area contributed by atoms with E-state index in [9.17, 15) is 34.0 Å². The van der Waals surface area contributed by atoms with Crippen LogP contribution in [0, 0.1) is 34.3 Å². The summed E-state index contributed by atoms with van der Waals surface area (Å²) in [6.45, 7) is 0.322. The van der Waals surface area contributed by atoms with Gasteiger partial charge in [-0.3, -0.25) is 9.69 Å². The Hall–Kier alpha value is -5.13. The van der Waals surface area contributed by atoms with Crippen LogP contribution < -0.4 is 10.5 Å². The van der Waals surface area contributed by atoms with Crippen molar-refractivity contribution in [3.63, 3.8) is 0 Å². The minimum Gasteiger partial charge on any atom is -0.480 e. The molecule has 0 aliphatic carbocycles. The Morgan fingerprint density at radius 3 is 2.10 bits per heavy atom. The summed E-state index contributed by atoms with van der Waals surface area (Å²) in [6.07, 6.45) is 0. The lowest BCUT2D eigenvalue weighted by Gasteiger charge is -2.44. The number of anilines is 1. The molecule has 2 aromatic heterocycles. The van der Waals surface area contributed by atoms with Crippen molar-refractivity contribution in [2.75, 3.05) is 24.5 Å². The van der Waals surface area contributed by atoms with Gasteiger partial charge in [0, 0.05) is 26.7 Å². The number of pyridine rings is 2. The number of rotatable bonds is 5. The third kappa shape index (κ3) is 4.64. The molecule has 11 heteroatoms. The number of nitrogens with zero attached hydrogens (tertiary/aromatic N) is 6. The van der Waals surface area contributed by atoms with Crippen LogP contribution in [0.3, 0.4) is 0 Å². The summed E-state index contributed by atoms with van der Waals surface area (Å²) in [5, 5.41) is 29.7. The summed E-state index contributed by atoms with van der Waals surface area (Å²) in [7, 11) is 1.48. The van der Waals surface area contributed by atoms with Gasteiger partial charge in [-0.05, 0) is 47.5 Å². The summed E-state index contributed by atoms with van der Waals surface area (Å²) in [6, 6.07) is 16.7. The molecule has 0 saturated carbocycles. The first kappa shape index (κ1) is 26.5. The highest BCUT2D eigenvalue weighted by Gasteiger charge is 2.39. The molecule has 1 aliphatic heterocycles. The number of fused-ring (bicyclic) bond motifs is 1. The summed E-state index contributed by atoms with van der Waals surface area (Å²) < 4.78 is 28.7. The number of piperazine rings is 1. The Morgan fingerprint density at radius 2 is 1.57 bits per heavy atom. The van der Waals surface area contributed by atoms with Gasteiger partial charge in [0.25, 0.3) is 5.56 Å². The van der Waals surface area contributed by atoms with E-state index in [0.717, 1.165) is 0 Å². The summed E-state index contributed by atoms with van der Waals surface area (Å²) in [4.78, 5) is 33.5. The molecule has 3 heterocycles.